The lowest BCUT2D eigenvalue weighted by Crippen LogP contribution is -2.22. The third-order valence-corrected chi connectivity index (χ3v) is 5.56. The second kappa shape index (κ2) is 9.49. The number of anilines is 2. The molecule has 0 aliphatic heterocycles. The predicted octanol–water partition coefficient (Wildman–Crippen LogP) is 6.73. The van der Waals surface area contributed by atoms with Crippen LogP contribution in [0.1, 0.15) is 27.7 Å². The Bertz CT molecular complexity index is 1100. The van der Waals surface area contributed by atoms with Crippen molar-refractivity contribution >= 4 is 45.3 Å². The first-order valence-electron chi connectivity index (χ1n) is 9.32. The molecular weight excluding hydrogens is 445 g/mol. The van der Waals surface area contributed by atoms with E-state index in [9.17, 15) is 18.0 Å². The van der Waals surface area contributed by atoms with Crippen LogP contribution in [0.15, 0.2) is 54.6 Å². The zero-order valence-corrected chi connectivity index (χ0v) is 18.3. The van der Waals surface area contributed by atoms with E-state index >= 15 is 0 Å². The van der Waals surface area contributed by atoms with Crippen LogP contribution in [-0.2, 0) is 10.9 Å². The molecule has 3 rings (SSSR count). The van der Waals surface area contributed by atoms with Crippen LogP contribution in [0.2, 0.25) is 0 Å². The molecule has 3 aromatic rings. The lowest BCUT2D eigenvalue weighted by molar-refractivity contribution is -0.136. The highest BCUT2D eigenvalue weighted by Gasteiger charge is 2.33. The Balaban J connectivity index is 1.95. The number of para-hydroxylation sites is 1. The zero-order valence-electron chi connectivity index (χ0n) is 16.7. The third-order valence-electron chi connectivity index (χ3n) is 4.33. The van der Waals surface area contributed by atoms with E-state index in [1.807, 2.05) is 37.3 Å². The summed E-state index contributed by atoms with van der Waals surface area (Å²) in [5.41, 5.74) is 0.807. The number of thiocarbonyl (C=S) groups is 1. The Hall–Kier alpha value is -2.91. The van der Waals surface area contributed by atoms with E-state index in [4.69, 9.17) is 17.0 Å². The summed E-state index contributed by atoms with van der Waals surface area (Å²) in [6, 6.07) is 14.4. The maximum absolute atomic E-state index is 13.3. The minimum Gasteiger partial charge on any atom is -0.462 e. The number of carbonyl (C=O) groups excluding carboxylic acids is 1. The zero-order chi connectivity index (χ0) is 22.6. The summed E-state index contributed by atoms with van der Waals surface area (Å²) >= 11 is 6.52. The molecule has 2 aromatic carbocycles. The topological polar surface area (TPSA) is 50.4 Å². The molecule has 9 heteroatoms. The summed E-state index contributed by atoms with van der Waals surface area (Å²) in [5.74, 6) is -0.535. The van der Waals surface area contributed by atoms with Gasteiger partial charge in [0.05, 0.1) is 17.9 Å². The van der Waals surface area contributed by atoms with Crippen molar-refractivity contribution in [3.8, 4) is 11.1 Å². The number of aryl methyl sites for hydroxylation is 1. The molecule has 0 saturated carbocycles. The number of halogens is 3. The van der Waals surface area contributed by atoms with Crippen molar-refractivity contribution in [1.29, 1.82) is 0 Å². The van der Waals surface area contributed by atoms with Gasteiger partial charge in [-0.1, -0.05) is 42.5 Å². The van der Waals surface area contributed by atoms with Crippen LogP contribution < -0.4 is 10.6 Å². The highest BCUT2D eigenvalue weighted by atomic mass is 32.1. The maximum Gasteiger partial charge on any atom is 0.418 e. The molecule has 0 bridgehead atoms. The van der Waals surface area contributed by atoms with Gasteiger partial charge in [0.2, 0.25) is 0 Å². The molecule has 2 N–H and O–H groups in total. The van der Waals surface area contributed by atoms with E-state index in [2.05, 4.69) is 10.6 Å². The van der Waals surface area contributed by atoms with Crippen LogP contribution >= 0.6 is 23.6 Å². The van der Waals surface area contributed by atoms with Gasteiger partial charge in [0, 0.05) is 10.4 Å². The Morgan fingerprint density at radius 1 is 1.06 bits per heavy atom. The van der Waals surface area contributed by atoms with Gasteiger partial charge < -0.3 is 15.4 Å². The van der Waals surface area contributed by atoms with Gasteiger partial charge in [-0.2, -0.15) is 13.2 Å². The van der Waals surface area contributed by atoms with E-state index in [1.165, 1.54) is 29.5 Å². The van der Waals surface area contributed by atoms with Crippen molar-refractivity contribution in [2.45, 2.75) is 20.0 Å². The second-order valence-electron chi connectivity index (χ2n) is 6.45. The van der Waals surface area contributed by atoms with Crippen molar-refractivity contribution in [3.63, 3.8) is 0 Å². The SMILES string of the molecule is CCOC(=O)c1c(NC(=S)Nc2ccccc2C(F)(F)F)sc(C)c1-c1ccccc1. The van der Waals surface area contributed by atoms with Gasteiger partial charge in [-0.15, -0.1) is 11.3 Å². The van der Waals surface area contributed by atoms with Gasteiger partial charge in [-0.25, -0.2) is 4.79 Å². The molecule has 0 fully saturated rings. The van der Waals surface area contributed by atoms with Crippen LogP contribution in [0.25, 0.3) is 11.1 Å². The smallest absolute Gasteiger partial charge is 0.418 e. The Kier molecular flexibility index (Phi) is 6.97. The van der Waals surface area contributed by atoms with Crippen molar-refractivity contribution in [3.05, 3.63) is 70.6 Å². The average molecular weight is 465 g/mol. The molecule has 0 atom stereocenters. The van der Waals surface area contributed by atoms with E-state index in [1.54, 1.807) is 6.92 Å². The van der Waals surface area contributed by atoms with Gasteiger partial charge in [-0.3, -0.25) is 0 Å². The summed E-state index contributed by atoms with van der Waals surface area (Å²) < 4.78 is 45.0. The fourth-order valence-electron chi connectivity index (χ4n) is 3.08. The van der Waals surface area contributed by atoms with E-state index in [0.29, 0.717) is 16.1 Å². The molecular formula is C22H19F3N2O2S2. The number of ether oxygens (including phenoxy) is 1. The molecule has 0 radical (unpaired) electrons. The highest BCUT2D eigenvalue weighted by molar-refractivity contribution is 7.80. The standard InChI is InChI=1S/C22H19F3N2O2S2/c1-3-29-20(28)18-17(14-9-5-4-6-10-14)13(2)31-19(18)27-21(30)26-16-12-8-7-11-15(16)22(23,24)25/h4-12H,3H2,1-2H3,(H2,26,27,30). The molecule has 1 heterocycles. The lowest BCUT2D eigenvalue weighted by Gasteiger charge is -2.16. The van der Waals surface area contributed by atoms with Crippen LogP contribution in [0.3, 0.4) is 0 Å². The molecule has 0 unspecified atom stereocenters. The summed E-state index contributed by atoms with van der Waals surface area (Å²) in [7, 11) is 0. The largest absolute Gasteiger partial charge is 0.462 e. The van der Waals surface area contributed by atoms with Crippen LogP contribution in [0.5, 0.6) is 0 Å². The van der Waals surface area contributed by atoms with E-state index in [0.717, 1.165) is 16.5 Å². The second-order valence-corrected chi connectivity index (χ2v) is 8.08. The van der Waals surface area contributed by atoms with Gasteiger partial charge in [0.1, 0.15) is 10.6 Å². The summed E-state index contributed by atoms with van der Waals surface area (Å²) in [6.45, 7) is 3.74. The van der Waals surface area contributed by atoms with Crippen LogP contribution in [0.4, 0.5) is 23.9 Å². The molecule has 0 aliphatic carbocycles. The number of benzene rings is 2. The van der Waals surface area contributed by atoms with Crippen LogP contribution in [-0.4, -0.2) is 17.7 Å². The van der Waals surface area contributed by atoms with Crippen molar-refractivity contribution in [1.82, 2.24) is 0 Å². The van der Waals surface area contributed by atoms with Gasteiger partial charge in [-0.05, 0) is 43.8 Å². The highest BCUT2D eigenvalue weighted by Crippen LogP contribution is 2.40. The number of hydrogen-bond acceptors (Lipinski definition) is 4. The number of alkyl halides is 3. The van der Waals surface area contributed by atoms with Gasteiger partial charge in [0.25, 0.3) is 0 Å². The molecule has 0 amide bonds. The summed E-state index contributed by atoms with van der Waals surface area (Å²) in [5, 5.41) is 5.80. The predicted molar refractivity (Wildman–Crippen MR) is 122 cm³/mol. The molecule has 1 aromatic heterocycles. The number of rotatable bonds is 5. The van der Waals surface area contributed by atoms with E-state index in [-0.39, 0.29) is 17.4 Å². The quantitative estimate of drug-likeness (QED) is 0.324. The fourth-order valence-corrected chi connectivity index (χ4v) is 4.42. The first-order chi connectivity index (χ1) is 14.7. The minimum atomic E-state index is -4.53. The summed E-state index contributed by atoms with van der Waals surface area (Å²) in [4.78, 5) is 13.6. The maximum atomic E-state index is 13.3. The Morgan fingerprint density at radius 3 is 2.35 bits per heavy atom. The molecule has 31 heavy (non-hydrogen) atoms. The Labute approximate surface area is 187 Å². The monoisotopic (exact) mass is 464 g/mol. The molecule has 162 valence electrons. The first kappa shape index (κ1) is 22.8. The number of nitrogens with one attached hydrogen (secondary N) is 2. The molecule has 4 nitrogen and oxygen atoms in total. The van der Waals surface area contributed by atoms with Crippen molar-refractivity contribution in [2.75, 3.05) is 17.2 Å². The number of hydrogen-bond donors (Lipinski definition) is 2. The molecule has 0 saturated heterocycles. The van der Waals surface area contributed by atoms with Gasteiger partial charge >= 0.3 is 12.1 Å². The number of carbonyl (C=O) groups is 1. The fraction of sp³-hybridized carbons (Fsp3) is 0.182. The Morgan fingerprint density at radius 2 is 1.71 bits per heavy atom. The third kappa shape index (κ3) is 5.23. The normalized spacial score (nSPS) is 11.1. The number of esters is 1. The summed E-state index contributed by atoms with van der Waals surface area (Å²) in [6.07, 6.45) is -4.53. The van der Waals surface area contributed by atoms with Crippen molar-refractivity contribution in [2.24, 2.45) is 0 Å². The van der Waals surface area contributed by atoms with Crippen molar-refractivity contribution < 1.29 is 22.7 Å². The first-order valence-corrected chi connectivity index (χ1v) is 10.5. The average Bonchev–Trinajstić information content (AvgIpc) is 3.04. The van der Waals surface area contributed by atoms with E-state index < -0.39 is 17.7 Å². The number of thiophene rings is 1. The molecule has 0 spiro atoms. The lowest BCUT2D eigenvalue weighted by atomic mass is 10.0. The minimum absolute atomic E-state index is 0.0666. The molecule has 0 aliphatic rings. The van der Waals surface area contributed by atoms with Crippen LogP contribution in [0, 0.1) is 6.92 Å². The van der Waals surface area contributed by atoms with Gasteiger partial charge in [0.15, 0.2) is 5.11 Å².